The molecule has 2 amide bonds. The second kappa shape index (κ2) is 11.2. The number of hydrogen-bond acceptors (Lipinski definition) is 6. The van der Waals surface area contributed by atoms with Gasteiger partial charge in [0, 0.05) is 57.9 Å². The van der Waals surface area contributed by atoms with Crippen LogP contribution in [0.3, 0.4) is 0 Å². The number of ether oxygens (including phenoxy) is 1. The van der Waals surface area contributed by atoms with Gasteiger partial charge in [-0.25, -0.2) is 9.37 Å². The molecule has 0 saturated carbocycles. The molecular weight excluding hydrogens is 577 g/mol. The van der Waals surface area contributed by atoms with Gasteiger partial charge < -0.3 is 15.0 Å². The molecule has 0 radical (unpaired) electrons. The molecular formula is C34H32FN5O3S. The minimum Gasteiger partial charge on any atom is -0.490 e. The molecule has 0 unspecified atom stereocenters. The zero-order chi connectivity index (χ0) is 30.5. The standard InChI is InChI=1S/C34H32FN5O3S/c1-4-29(41)39-12-13-40-23(18-39)17-27(38-40)32-30(25-8-6-22(35)16-28(25)43-19(2)3)33-26(10-14-44-33)31(37-32)21-5-7-24-20(15-21)9-11-36-34(24)42/h5-8,10,14-17,19H,4,9,11-13,18H2,1-3H3,(H,36,42). The Kier molecular flexibility index (Phi) is 7.16. The minimum absolute atomic E-state index is 0.0596. The number of rotatable bonds is 6. The monoisotopic (exact) mass is 609 g/mol. The Morgan fingerprint density at radius 1 is 1.09 bits per heavy atom. The normalized spacial score (nSPS) is 14.5. The van der Waals surface area contributed by atoms with Crippen LogP contribution in [-0.4, -0.2) is 50.7 Å². The van der Waals surface area contributed by atoms with Gasteiger partial charge in [0.2, 0.25) is 5.91 Å². The summed E-state index contributed by atoms with van der Waals surface area (Å²) in [6.07, 6.45) is 1.04. The highest BCUT2D eigenvalue weighted by atomic mass is 32.1. The van der Waals surface area contributed by atoms with E-state index in [-0.39, 0.29) is 23.7 Å². The van der Waals surface area contributed by atoms with Crippen LogP contribution in [0.2, 0.25) is 0 Å². The van der Waals surface area contributed by atoms with Gasteiger partial charge in [0.15, 0.2) is 0 Å². The van der Waals surface area contributed by atoms with Crippen LogP contribution in [0.4, 0.5) is 4.39 Å². The van der Waals surface area contributed by atoms with Crippen LogP contribution in [-0.2, 0) is 24.3 Å². The van der Waals surface area contributed by atoms with Crippen molar-refractivity contribution >= 4 is 33.2 Å². The van der Waals surface area contributed by atoms with Crippen molar-refractivity contribution in [3.05, 3.63) is 76.5 Å². The lowest BCUT2D eigenvalue weighted by Crippen LogP contribution is -2.37. The van der Waals surface area contributed by atoms with Gasteiger partial charge in [0.25, 0.3) is 5.91 Å². The summed E-state index contributed by atoms with van der Waals surface area (Å²) in [5, 5.41) is 10.9. The van der Waals surface area contributed by atoms with E-state index >= 15 is 0 Å². The molecule has 0 atom stereocenters. The molecule has 1 N–H and O–H groups in total. The van der Waals surface area contributed by atoms with Crippen molar-refractivity contribution in [1.29, 1.82) is 0 Å². The van der Waals surface area contributed by atoms with Crippen molar-refractivity contribution in [3.63, 3.8) is 0 Å². The number of halogens is 1. The fourth-order valence-electron chi connectivity index (χ4n) is 6.13. The summed E-state index contributed by atoms with van der Waals surface area (Å²) in [6.45, 7) is 7.98. The van der Waals surface area contributed by atoms with E-state index in [1.807, 2.05) is 53.9 Å². The predicted molar refractivity (Wildman–Crippen MR) is 169 cm³/mol. The van der Waals surface area contributed by atoms with E-state index in [0.29, 0.717) is 55.3 Å². The average molecular weight is 610 g/mol. The topological polar surface area (TPSA) is 89.4 Å². The van der Waals surface area contributed by atoms with E-state index in [2.05, 4.69) is 17.4 Å². The van der Waals surface area contributed by atoms with Gasteiger partial charge >= 0.3 is 0 Å². The van der Waals surface area contributed by atoms with Crippen LogP contribution in [0.15, 0.2) is 53.9 Å². The molecule has 2 aromatic carbocycles. The SMILES string of the molecule is CCC(=O)N1CCn2nc(-c3nc(-c4ccc5c(c4)CCNC5=O)c4ccsc4c3-c3ccc(F)cc3OC(C)C)cc2C1. The largest absolute Gasteiger partial charge is 0.490 e. The quantitative estimate of drug-likeness (QED) is 0.239. The molecule has 8 nitrogen and oxygen atoms in total. The molecule has 0 bridgehead atoms. The Morgan fingerprint density at radius 3 is 2.75 bits per heavy atom. The Morgan fingerprint density at radius 2 is 1.93 bits per heavy atom. The third-order valence-electron chi connectivity index (χ3n) is 8.18. The summed E-state index contributed by atoms with van der Waals surface area (Å²) in [5.74, 6) is 0.113. The van der Waals surface area contributed by atoms with Crippen molar-refractivity contribution in [3.8, 4) is 39.5 Å². The van der Waals surface area contributed by atoms with Crippen LogP contribution in [0.25, 0.3) is 43.9 Å². The summed E-state index contributed by atoms with van der Waals surface area (Å²) in [7, 11) is 0. The van der Waals surface area contributed by atoms with Crippen molar-refractivity contribution in [2.75, 3.05) is 13.1 Å². The summed E-state index contributed by atoms with van der Waals surface area (Å²) >= 11 is 1.59. The Bertz CT molecular complexity index is 1940. The van der Waals surface area contributed by atoms with Gasteiger partial charge in [-0.2, -0.15) is 5.10 Å². The first kappa shape index (κ1) is 28.2. The van der Waals surface area contributed by atoms with Crippen LogP contribution in [0.5, 0.6) is 5.75 Å². The third-order valence-corrected chi connectivity index (χ3v) is 9.11. The number of fused-ring (bicyclic) bond motifs is 3. The molecule has 2 aliphatic rings. The second-order valence-corrected chi connectivity index (χ2v) is 12.4. The molecule has 44 heavy (non-hydrogen) atoms. The number of nitrogens with zero attached hydrogens (tertiary/aromatic N) is 4. The lowest BCUT2D eigenvalue weighted by molar-refractivity contribution is -0.132. The molecule has 2 aliphatic heterocycles. The molecule has 0 aliphatic carbocycles. The zero-order valence-corrected chi connectivity index (χ0v) is 25.6. The fourth-order valence-corrected chi connectivity index (χ4v) is 7.08. The first-order valence-electron chi connectivity index (χ1n) is 14.9. The lowest BCUT2D eigenvalue weighted by atomic mass is 9.94. The third kappa shape index (κ3) is 4.93. The van der Waals surface area contributed by atoms with Crippen molar-refractivity contribution in [1.82, 2.24) is 25.0 Å². The van der Waals surface area contributed by atoms with Gasteiger partial charge in [-0.3, -0.25) is 14.3 Å². The highest BCUT2D eigenvalue weighted by molar-refractivity contribution is 7.18. The van der Waals surface area contributed by atoms with Gasteiger partial charge in [0.05, 0.1) is 30.6 Å². The van der Waals surface area contributed by atoms with E-state index in [1.165, 1.54) is 12.1 Å². The number of carbonyl (C=O) groups is 2. The summed E-state index contributed by atoms with van der Waals surface area (Å²) < 4.78 is 23.6. The number of hydrogen-bond donors (Lipinski definition) is 1. The molecule has 5 heterocycles. The Labute approximate surface area is 258 Å². The summed E-state index contributed by atoms with van der Waals surface area (Å²) in [5.41, 5.74) is 7.20. The predicted octanol–water partition coefficient (Wildman–Crippen LogP) is 6.46. The van der Waals surface area contributed by atoms with E-state index < -0.39 is 0 Å². The minimum atomic E-state index is -0.380. The van der Waals surface area contributed by atoms with E-state index in [0.717, 1.165) is 50.1 Å². The number of carbonyl (C=O) groups excluding carboxylic acids is 2. The molecule has 7 rings (SSSR count). The number of nitrogens with one attached hydrogen (secondary N) is 1. The smallest absolute Gasteiger partial charge is 0.251 e. The van der Waals surface area contributed by atoms with Gasteiger partial charge in [-0.15, -0.1) is 11.3 Å². The Hall–Kier alpha value is -4.57. The maximum atomic E-state index is 14.6. The van der Waals surface area contributed by atoms with Gasteiger partial charge in [-0.05, 0) is 67.6 Å². The average Bonchev–Trinajstić information content (AvgIpc) is 3.67. The van der Waals surface area contributed by atoms with Crippen molar-refractivity contribution in [2.45, 2.75) is 52.8 Å². The first-order chi connectivity index (χ1) is 21.3. The number of aromatic nitrogens is 3. The molecule has 10 heteroatoms. The van der Waals surface area contributed by atoms with Crippen LogP contribution < -0.4 is 10.1 Å². The van der Waals surface area contributed by atoms with Crippen LogP contribution in [0, 0.1) is 5.82 Å². The van der Waals surface area contributed by atoms with Crippen molar-refractivity contribution in [2.24, 2.45) is 0 Å². The van der Waals surface area contributed by atoms with E-state index in [1.54, 1.807) is 17.4 Å². The fraction of sp³-hybridized carbons (Fsp3) is 0.294. The van der Waals surface area contributed by atoms with Crippen LogP contribution in [0.1, 0.15) is 48.8 Å². The molecule has 3 aromatic heterocycles. The number of amides is 2. The van der Waals surface area contributed by atoms with Gasteiger partial charge in [0.1, 0.15) is 23.0 Å². The molecule has 0 saturated heterocycles. The van der Waals surface area contributed by atoms with E-state index in [9.17, 15) is 14.0 Å². The molecule has 0 spiro atoms. The maximum absolute atomic E-state index is 14.6. The highest BCUT2D eigenvalue weighted by Crippen LogP contribution is 2.46. The van der Waals surface area contributed by atoms with Crippen molar-refractivity contribution < 1.29 is 18.7 Å². The second-order valence-electron chi connectivity index (χ2n) is 11.4. The first-order valence-corrected chi connectivity index (χ1v) is 15.8. The van der Waals surface area contributed by atoms with Gasteiger partial charge in [-0.1, -0.05) is 13.0 Å². The number of pyridine rings is 1. The number of benzene rings is 2. The molecule has 224 valence electrons. The van der Waals surface area contributed by atoms with E-state index in [4.69, 9.17) is 14.8 Å². The lowest BCUT2D eigenvalue weighted by Gasteiger charge is -2.27. The molecule has 0 fully saturated rings. The molecule has 5 aromatic rings. The zero-order valence-electron chi connectivity index (χ0n) is 24.8. The summed E-state index contributed by atoms with van der Waals surface area (Å²) in [4.78, 5) is 32.1. The summed E-state index contributed by atoms with van der Waals surface area (Å²) in [6, 6.07) is 14.6. The Balaban J connectivity index is 1.47. The maximum Gasteiger partial charge on any atom is 0.251 e. The highest BCUT2D eigenvalue weighted by Gasteiger charge is 2.27. The van der Waals surface area contributed by atoms with Crippen LogP contribution >= 0.6 is 11.3 Å². The number of thiophene rings is 1.